The van der Waals surface area contributed by atoms with Crippen molar-refractivity contribution in [3.63, 3.8) is 0 Å². The highest BCUT2D eigenvalue weighted by molar-refractivity contribution is 5.96. The average Bonchev–Trinajstić information content (AvgIpc) is 3.29. The lowest BCUT2D eigenvalue weighted by atomic mass is 10.0. The van der Waals surface area contributed by atoms with Gasteiger partial charge in [-0.25, -0.2) is 13.2 Å². The first kappa shape index (κ1) is 19.9. The molecule has 1 saturated heterocycles. The third kappa shape index (κ3) is 3.40. The molecule has 2 aromatic carbocycles. The number of rotatable bonds is 3. The van der Waals surface area contributed by atoms with E-state index in [4.69, 9.17) is 0 Å². The molecule has 4 rings (SSSR count). The first-order valence-electron chi connectivity index (χ1n) is 8.63. The minimum absolute atomic E-state index is 0.0561. The van der Waals surface area contributed by atoms with Crippen molar-refractivity contribution in [3.05, 3.63) is 65.3 Å². The van der Waals surface area contributed by atoms with Crippen molar-refractivity contribution in [2.75, 3.05) is 4.90 Å². The van der Waals surface area contributed by atoms with Gasteiger partial charge in [0.05, 0.1) is 11.7 Å². The highest BCUT2D eigenvalue weighted by Crippen LogP contribution is 2.41. The molecule has 0 aliphatic carbocycles. The zero-order valence-electron chi connectivity index (χ0n) is 14.9. The zero-order valence-corrected chi connectivity index (χ0v) is 14.9. The molecule has 0 bridgehead atoms. The molecule has 1 amide bonds. The topological polar surface area (TPSA) is 59.2 Å². The van der Waals surface area contributed by atoms with Gasteiger partial charge in [0.1, 0.15) is 17.5 Å². The Kier molecular flexibility index (Phi) is 4.75. The Morgan fingerprint density at radius 3 is 2.33 bits per heavy atom. The maximum absolute atomic E-state index is 14.8. The van der Waals surface area contributed by atoms with Crippen molar-refractivity contribution in [1.29, 1.82) is 0 Å². The molecule has 1 atom stereocenters. The molecule has 30 heavy (non-hydrogen) atoms. The maximum atomic E-state index is 14.8. The number of carbonyl (C=O) groups is 1. The second-order valence-electron chi connectivity index (χ2n) is 6.54. The third-order valence-corrected chi connectivity index (χ3v) is 4.68. The molecule has 0 saturated carbocycles. The summed E-state index contributed by atoms with van der Waals surface area (Å²) in [6.07, 6.45) is -4.85. The van der Waals surface area contributed by atoms with Gasteiger partial charge in [0, 0.05) is 17.5 Å². The van der Waals surface area contributed by atoms with Crippen LogP contribution in [-0.2, 0) is 11.0 Å². The van der Waals surface area contributed by atoms with Gasteiger partial charge in [0.25, 0.3) is 0 Å². The van der Waals surface area contributed by atoms with Crippen LogP contribution in [-0.4, -0.2) is 16.0 Å². The summed E-state index contributed by atoms with van der Waals surface area (Å²) in [5.74, 6) is -5.38. The predicted molar refractivity (Wildman–Crippen MR) is 90.5 cm³/mol. The molecule has 11 heteroatoms. The molecule has 5 nitrogen and oxygen atoms in total. The number of carbonyl (C=O) groups excluding carboxylic acids is 1. The third-order valence-electron chi connectivity index (χ3n) is 4.68. The summed E-state index contributed by atoms with van der Waals surface area (Å²) in [7, 11) is 0. The number of alkyl halides is 3. The van der Waals surface area contributed by atoms with E-state index < -0.39 is 47.3 Å². The van der Waals surface area contributed by atoms with E-state index in [1.165, 1.54) is 12.1 Å². The van der Waals surface area contributed by atoms with Gasteiger partial charge in [-0.05, 0) is 36.8 Å². The summed E-state index contributed by atoms with van der Waals surface area (Å²) >= 11 is 0. The van der Waals surface area contributed by atoms with Crippen LogP contribution in [0.2, 0.25) is 0 Å². The molecular formula is C19H11F6N3O2. The highest BCUT2D eigenvalue weighted by Gasteiger charge is 2.39. The number of halogens is 6. The average molecular weight is 427 g/mol. The minimum Gasteiger partial charge on any atom is -0.329 e. The van der Waals surface area contributed by atoms with Crippen LogP contribution in [0.1, 0.15) is 30.3 Å². The fraction of sp³-hybridized carbons (Fsp3) is 0.211. The smallest absolute Gasteiger partial charge is 0.329 e. The second kappa shape index (κ2) is 7.15. The molecule has 1 aliphatic heterocycles. The van der Waals surface area contributed by atoms with Crippen molar-refractivity contribution in [2.45, 2.75) is 25.1 Å². The van der Waals surface area contributed by atoms with E-state index >= 15 is 0 Å². The molecule has 0 N–H and O–H groups in total. The van der Waals surface area contributed by atoms with Crippen LogP contribution in [0.25, 0.3) is 11.4 Å². The number of benzene rings is 2. The second-order valence-corrected chi connectivity index (χ2v) is 6.54. The van der Waals surface area contributed by atoms with E-state index in [1.54, 1.807) is 0 Å². The molecule has 1 unspecified atom stereocenters. The normalized spacial score (nSPS) is 17.1. The standard InChI is InChI=1S/C19H11F6N3O2/c20-10-2-1-3-11(21)16(10)14-6-7-15(29)28(14)13-5-4-9(8-12(13)22)17-26-18(30-27-17)19(23,24)25/h1-5,8,14H,6-7H2. The molecule has 3 aromatic rings. The first-order chi connectivity index (χ1) is 14.2. The van der Waals surface area contributed by atoms with E-state index in [9.17, 15) is 31.1 Å². The number of aromatic nitrogens is 2. The van der Waals surface area contributed by atoms with E-state index in [0.717, 1.165) is 29.2 Å². The zero-order chi connectivity index (χ0) is 21.6. The lowest BCUT2D eigenvalue weighted by Gasteiger charge is -2.26. The van der Waals surface area contributed by atoms with Crippen LogP contribution in [0.5, 0.6) is 0 Å². The van der Waals surface area contributed by atoms with Crippen molar-refractivity contribution >= 4 is 11.6 Å². The predicted octanol–water partition coefficient (Wildman–Crippen LogP) is 5.04. The van der Waals surface area contributed by atoms with Gasteiger partial charge in [-0.15, -0.1) is 0 Å². The van der Waals surface area contributed by atoms with Gasteiger partial charge >= 0.3 is 12.1 Å². The number of amides is 1. The molecule has 1 fully saturated rings. The molecule has 0 spiro atoms. The largest absolute Gasteiger partial charge is 0.471 e. The number of hydrogen-bond donors (Lipinski definition) is 0. The molecule has 0 radical (unpaired) electrons. The SMILES string of the molecule is O=C1CCC(c2c(F)cccc2F)N1c1ccc(-c2noc(C(F)(F)F)n2)cc1F. The fourth-order valence-corrected chi connectivity index (χ4v) is 3.39. The Bertz CT molecular complexity index is 1110. The van der Waals surface area contributed by atoms with Crippen molar-refractivity contribution in [2.24, 2.45) is 0 Å². The summed E-state index contributed by atoms with van der Waals surface area (Å²) in [5.41, 5.74) is -0.760. The van der Waals surface area contributed by atoms with Gasteiger partial charge in [0.15, 0.2) is 0 Å². The van der Waals surface area contributed by atoms with Gasteiger partial charge in [-0.1, -0.05) is 11.2 Å². The molecular weight excluding hydrogens is 416 g/mol. The van der Waals surface area contributed by atoms with Gasteiger partial charge < -0.3 is 9.42 Å². The summed E-state index contributed by atoms with van der Waals surface area (Å²) in [6.45, 7) is 0. The van der Waals surface area contributed by atoms with Gasteiger partial charge in [-0.2, -0.15) is 18.2 Å². The summed E-state index contributed by atoms with van der Waals surface area (Å²) in [4.78, 5) is 16.5. The van der Waals surface area contributed by atoms with Crippen LogP contribution in [0.3, 0.4) is 0 Å². The number of hydrogen-bond acceptors (Lipinski definition) is 4. The Morgan fingerprint density at radius 1 is 1.03 bits per heavy atom. The van der Waals surface area contributed by atoms with E-state index in [2.05, 4.69) is 14.7 Å². The Labute approximate surface area is 164 Å². The molecule has 1 aliphatic rings. The molecule has 2 heterocycles. The molecule has 156 valence electrons. The first-order valence-corrected chi connectivity index (χ1v) is 8.63. The van der Waals surface area contributed by atoms with Crippen molar-refractivity contribution in [3.8, 4) is 11.4 Å². The summed E-state index contributed by atoms with van der Waals surface area (Å²) in [6, 6.07) is 5.29. The number of nitrogens with zero attached hydrogens (tertiary/aromatic N) is 3. The number of anilines is 1. The van der Waals surface area contributed by atoms with Crippen molar-refractivity contribution < 1.29 is 35.7 Å². The van der Waals surface area contributed by atoms with Crippen molar-refractivity contribution in [1.82, 2.24) is 10.1 Å². The van der Waals surface area contributed by atoms with Crippen LogP contribution in [0.15, 0.2) is 40.9 Å². The summed E-state index contributed by atoms with van der Waals surface area (Å²) < 4.78 is 85.1. The minimum atomic E-state index is -4.86. The quantitative estimate of drug-likeness (QED) is 0.550. The fourth-order valence-electron chi connectivity index (χ4n) is 3.39. The van der Waals surface area contributed by atoms with Crippen LogP contribution in [0.4, 0.5) is 32.0 Å². The van der Waals surface area contributed by atoms with Crippen LogP contribution in [0, 0.1) is 17.5 Å². The van der Waals surface area contributed by atoms with Crippen LogP contribution < -0.4 is 4.90 Å². The lowest BCUT2D eigenvalue weighted by molar-refractivity contribution is -0.159. The lowest BCUT2D eigenvalue weighted by Crippen LogP contribution is -2.29. The van der Waals surface area contributed by atoms with Gasteiger partial charge in [0.2, 0.25) is 11.7 Å². The van der Waals surface area contributed by atoms with Crippen LogP contribution >= 0.6 is 0 Å². The maximum Gasteiger partial charge on any atom is 0.471 e. The Hall–Kier alpha value is -3.37. The monoisotopic (exact) mass is 427 g/mol. The van der Waals surface area contributed by atoms with E-state index in [-0.39, 0.29) is 29.7 Å². The Morgan fingerprint density at radius 2 is 1.73 bits per heavy atom. The molecule has 1 aromatic heterocycles. The van der Waals surface area contributed by atoms with Gasteiger partial charge in [-0.3, -0.25) is 4.79 Å². The highest BCUT2D eigenvalue weighted by atomic mass is 19.4. The van der Waals surface area contributed by atoms with E-state index in [0.29, 0.717) is 0 Å². The summed E-state index contributed by atoms with van der Waals surface area (Å²) in [5, 5.41) is 3.17. The Balaban J connectivity index is 1.71. The van der Waals surface area contributed by atoms with E-state index in [1.807, 2.05) is 0 Å².